The van der Waals surface area contributed by atoms with Crippen LogP contribution in [0.2, 0.25) is 0 Å². The third-order valence-corrected chi connectivity index (χ3v) is 4.82. The normalized spacial score (nSPS) is 19.1. The summed E-state index contributed by atoms with van der Waals surface area (Å²) in [5, 5.41) is 9.85. The quantitative estimate of drug-likeness (QED) is 0.782. The van der Waals surface area contributed by atoms with Gasteiger partial charge in [0.2, 0.25) is 11.8 Å². The molecule has 2 aromatic heterocycles. The van der Waals surface area contributed by atoms with Gasteiger partial charge in [0.15, 0.2) is 0 Å². The summed E-state index contributed by atoms with van der Waals surface area (Å²) < 4.78 is 6.01. The number of para-hydroxylation sites is 1. The topological polar surface area (TPSA) is 58.0 Å². The van der Waals surface area contributed by atoms with Crippen molar-refractivity contribution in [2.24, 2.45) is 5.41 Å². The molecule has 1 aromatic carbocycles. The molecule has 1 fully saturated rings. The molecule has 132 valence electrons. The number of nitrogens with zero attached hydrogens (tertiary/aromatic N) is 3. The SMILES string of the molecule is CC(C)(C)CN1CC[C@H](c2nnc(Cc3c[nH]c4ccccc34)o2)C1. The van der Waals surface area contributed by atoms with E-state index in [0.717, 1.165) is 37.5 Å². The highest BCUT2D eigenvalue weighted by atomic mass is 16.4. The molecule has 5 heteroatoms. The number of rotatable bonds is 4. The highest BCUT2D eigenvalue weighted by Crippen LogP contribution is 2.29. The molecule has 5 nitrogen and oxygen atoms in total. The van der Waals surface area contributed by atoms with Crippen LogP contribution in [0.5, 0.6) is 0 Å². The van der Waals surface area contributed by atoms with Crippen LogP contribution in [0.15, 0.2) is 34.9 Å². The monoisotopic (exact) mass is 338 g/mol. The fourth-order valence-electron chi connectivity index (χ4n) is 3.79. The first-order chi connectivity index (χ1) is 12.0. The lowest BCUT2D eigenvalue weighted by molar-refractivity contribution is 0.223. The Morgan fingerprint density at radius 2 is 2.08 bits per heavy atom. The van der Waals surface area contributed by atoms with Crippen molar-refractivity contribution in [1.29, 1.82) is 0 Å². The van der Waals surface area contributed by atoms with Gasteiger partial charge >= 0.3 is 0 Å². The first-order valence-electron chi connectivity index (χ1n) is 9.07. The van der Waals surface area contributed by atoms with Crippen LogP contribution in [0.25, 0.3) is 10.9 Å². The van der Waals surface area contributed by atoms with Gasteiger partial charge < -0.3 is 14.3 Å². The Kier molecular flexibility index (Phi) is 4.12. The van der Waals surface area contributed by atoms with Crippen molar-refractivity contribution >= 4 is 10.9 Å². The van der Waals surface area contributed by atoms with Crippen molar-refractivity contribution in [2.45, 2.75) is 39.5 Å². The number of aromatic nitrogens is 3. The number of likely N-dealkylation sites (tertiary alicyclic amines) is 1. The minimum absolute atomic E-state index is 0.324. The Bertz CT molecular complexity index is 858. The molecule has 0 saturated carbocycles. The van der Waals surface area contributed by atoms with Crippen molar-refractivity contribution in [1.82, 2.24) is 20.1 Å². The minimum Gasteiger partial charge on any atom is -0.425 e. The van der Waals surface area contributed by atoms with Crippen LogP contribution in [0.4, 0.5) is 0 Å². The van der Waals surface area contributed by atoms with Gasteiger partial charge in [0, 0.05) is 30.2 Å². The molecule has 4 rings (SSSR count). The number of hydrogen-bond donors (Lipinski definition) is 1. The smallest absolute Gasteiger partial charge is 0.221 e. The summed E-state index contributed by atoms with van der Waals surface area (Å²) in [6, 6.07) is 8.30. The van der Waals surface area contributed by atoms with Gasteiger partial charge in [0.1, 0.15) is 0 Å². The average Bonchev–Trinajstić information content (AvgIpc) is 3.27. The fourth-order valence-corrected chi connectivity index (χ4v) is 3.79. The van der Waals surface area contributed by atoms with Crippen molar-refractivity contribution in [3.8, 4) is 0 Å². The number of nitrogens with one attached hydrogen (secondary N) is 1. The Morgan fingerprint density at radius 1 is 1.24 bits per heavy atom. The van der Waals surface area contributed by atoms with Crippen LogP contribution in [0.3, 0.4) is 0 Å². The lowest BCUT2D eigenvalue weighted by atomic mass is 9.96. The largest absolute Gasteiger partial charge is 0.425 e. The maximum atomic E-state index is 6.01. The van der Waals surface area contributed by atoms with E-state index in [1.54, 1.807) is 0 Å². The lowest BCUT2D eigenvalue weighted by Gasteiger charge is -2.25. The predicted molar refractivity (Wildman–Crippen MR) is 98.7 cm³/mol. The van der Waals surface area contributed by atoms with Crippen LogP contribution < -0.4 is 0 Å². The Balaban J connectivity index is 1.44. The Hall–Kier alpha value is -2.14. The predicted octanol–water partition coefficient (Wildman–Crippen LogP) is 3.98. The third-order valence-electron chi connectivity index (χ3n) is 4.82. The molecule has 1 saturated heterocycles. The Morgan fingerprint density at radius 3 is 2.92 bits per heavy atom. The Labute approximate surface area is 148 Å². The van der Waals surface area contributed by atoms with E-state index in [1.807, 2.05) is 12.3 Å². The minimum atomic E-state index is 0.324. The molecule has 1 atom stereocenters. The van der Waals surface area contributed by atoms with Crippen LogP contribution in [0, 0.1) is 5.41 Å². The van der Waals surface area contributed by atoms with Gasteiger partial charge in [-0.2, -0.15) is 0 Å². The molecule has 0 unspecified atom stereocenters. The molecule has 1 aliphatic rings. The molecular weight excluding hydrogens is 312 g/mol. The van der Waals surface area contributed by atoms with Crippen LogP contribution in [-0.2, 0) is 6.42 Å². The van der Waals surface area contributed by atoms with Gasteiger partial charge in [-0.1, -0.05) is 39.0 Å². The fraction of sp³-hybridized carbons (Fsp3) is 0.500. The highest BCUT2D eigenvalue weighted by Gasteiger charge is 2.30. The number of H-pyrrole nitrogens is 1. The van der Waals surface area contributed by atoms with E-state index in [9.17, 15) is 0 Å². The molecule has 0 aliphatic carbocycles. The lowest BCUT2D eigenvalue weighted by Crippen LogP contribution is -2.30. The summed E-state index contributed by atoms with van der Waals surface area (Å²) in [5.41, 5.74) is 2.67. The number of aromatic amines is 1. The average molecular weight is 338 g/mol. The summed E-state index contributed by atoms with van der Waals surface area (Å²) >= 11 is 0. The van der Waals surface area contributed by atoms with Gasteiger partial charge in [0.05, 0.1) is 12.3 Å². The van der Waals surface area contributed by atoms with E-state index >= 15 is 0 Å². The number of fused-ring (bicyclic) bond motifs is 1. The molecule has 0 spiro atoms. The molecule has 0 amide bonds. The summed E-state index contributed by atoms with van der Waals surface area (Å²) in [4.78, 5) is 5.81. The molecule has 1 aliphatic heterocycles. The van der Waals surface area contributed by atoms with Crippen molar-refractivity contribution < 1.29 is 4.42 Å². The van der Waals surface area contributed by atoms with E-state index in [0.29, 0.717) is 23.6 Å². The van der Waals surface area contributed by atoms with Crippen molar-refractivity contribution in [3.05, 3.63) is 47.8 Å². The van der Waals surface area contributed by atoms with Crippen molar-refractivity contribution in [2.75, 3.05) is 19.6 Å². The maximum absolute atomic E-state index is 6.01. The van der Waals surface area contributed by atoms with E-state index in [-0.39, 0.29) is 0 Å². The zero-order valence-corrected chi connectivity index (χ0v) is 15.2. The summed E-state index contributed by atoms with van der Waals surface area (Å²) in [7, 11) is 0. The van der Waals surface area contributed by atoms with E-state index < -0.39 is 0 Å². The van der Waals surface area contributed by atoms with E-state index in [1.165, 1.54) is 10.9 Å². The van der Waals surface area contributed by atoms with Crippen LogP contribution in [0.1, 0.15) is 50.5 Å². The summed E-state index contributed by atoms with van der Waals surface area (Å²) in [5.74, 6) is 1.87. The zero-order valence-electron chi connectivity index (χ0n) is 15.2. The first-order valence-corrected chi connectivity index (χ1v) is 9.07. The van der Waals surface area contributed by atoms with Gasteiger partial charge in [-0.05, 0) is 30.0 Å². The highest BCUT2D eigenvalue weighted by molar-refractivity contribution is 5.83. The maximum Gasteiger partial charge on any atom is 0.221 e. The van der Waals surface area contributed by atoms with Crippen LogP contribution in [-0.4, -0.2) is 39.7 Å². The second kappa shape index (κ2) is 6.30. The standard InChI is InChI=1S/C20H26N4O/c1-20(2,3)13-24-9-8-14(12-24)19-23-22-18(25-19)10-15-11-21-17-7-5-4-6-16(15)17/h4-7,11,14,21H,8-10,12-13H2,1-3H3/t14-/m0/s1. The molecule has 1 N–H and O–H groups in total. The van der Waals surface area contributed by atoms with Gasteiger partial charge in [-0.25, -0.2) is 0 Å². The van der Waals surface area contributed by atoms with E-state index in [4.69, 9.17) is 4.42 Å². The summed E-state index contributed by atoms with van der Waals surface area (Å²) in [6.45, 7) is 10.1. The van der Waals surface area contributed by atoms with Crippen molar-refractivity contribution in [3.63, 3.8) is 0 Å². The third kappa shape index (κ3) is 3.61. The van der Waals surface area contributed by atoms with E-state index in [2.05, 4.69) is 59.1 Å². The second-order valence-electron chi connectivity index (χ2n) is 8.35. The second-order valence-corrected chi connectivity index (χ2v) is 8.35. The molecular formula is C20H26N4O. The molecule has 0 radical (unpaired) electrons. The van der Waals surface area contributed by atoms with Gasteiger partial charge in [-0.3, -0.25) is 0 Å². The van der Waals surface area contributed by atoms with Crippen LogP contribution >= 0.6 is 0 Å². The molecule has 0 bridgehead atoms. The molecule has 3 aromatic rings. The molecule has 3 heterocycles. The first kappa shape index (κ1) is 16.3. The zero-order chi connectivity index (χ0) is 17.4. The molecule has 25 heavy (non-hydrogen) atoms. The summed E-state index contributed by atoms with van der Waals surface area (Å²) in [6.07, 6.45) is 3.81. The number of hydrogen-bond acceptors (Lipinski definition) is 4. The number of benzene rings is 1. The van der Waals surface area contributed by atoms with Gasteiger partial charge in [-0.15, -0.1) is 10.2 Å². The van der Waals surface area contributed by atoms with Gasteiger partial charge in [0.25, 0.3) is 0 Å².